The van der Waals surface area contributed by atoms with Crippen LogP contribution in [0.4, 0.5) is 17.1 Å². The SMILES string of the molecule is CCN(CC)CCS(=O)(=O)N1CCN(c2cccc(NC(=O)C3Nc4c(C)cccc4C3C3CCCC3)c2)CC1. The molecule has 1 saturated carbocycles. The van der Waals surface area contributed by atoms with E-state index >= 15 is 0 Å². The van der Waals surface area contributed by atoms with Gasteiger partial charge in [0.25, 0.3) is 0 Å². The van der Waals surface area contributed by atoms with Crippen LogP contribution in [-0.4, -0.2) is 81.1 Å². The van der Waals surface area contributed by atoms with E-state index in [4.69, 9.17) is 0 Å². The van der Waals surface area contributed by atoms with Gasteiger partial charge in [0.2, 0.25) is 15.9 Å². The summed E-state index contributed by atoms with van der Waals surface area (Å²) < 4.78 is 27.5. The molecule has 8 nitrogen and oxygen atoms in total. The number of carbonyl (C=O) groups is 1. The number of hydrogen-bond donors (Lipinski definition) is 2. The van der Waals surface area contributed by atoms with E-state index in [0.29, 0.717) is 38.6 Å². The predicted octanol–water partition coefficient (Wildman–Crippen LogP) is 4.50. The lowest BCUT2D eigenvalue weighted by Gasteiger charge is -2.36. The summed E-state index contributed by atoms with van der Waals surface area (Å²) in [5.74, 6) is 0.889. The van der Waals surface area contributed by atoms with Crippen LogP contribution >= 0.6 is 0 Å². The lowest BCUT2D eigenvalue weighted by molar-refractivity contribution is -0.117. The number of benzene rings is 2. The maximum atomic E-state index is 13.7. The summed E-state index contributed by atoms with van der Waals surface area (Å²) in [4.78, 5) is 18.0. The number of piperazine rings is 1. The molecule has 2 atom stereocenters. The molecule has 0 spiro atoms. The zero-order chi connectivity index (χ0) is 28.3. The van der Waals surface area contributed by atoms with E-state index in [2.05, 4.69) is 59.4 Å². The topological polar surface area (TPSA) is 85.0 Å². The van der Waals surface area contributed by atoms with Crippen LogP contribution in [0.3, 0.4) is 0 Å². The highest BCUT2D eigenvalue weighted by Gasteiger charge is 2.42. The van der Waals surface area contributed by atoms with Crippen LogP contribution in [0.5, 0.6) is 0 Å². The second-order valence-electron chi connectivity index (χ2n) is 11.5. The van der Waals surface area contributed by atoms with Crippen LogP contribution in [0.15, 0.2) is 42.5 Å². The Morgan fingerprint density at radius 2 is 1.73 bits per heavy atom. The first-order valence-electron chi connectivity index (χ1n) is 15.0. The zero-order valence-corrected chi connectivity index (χ0v) is 25.0. The van der Waals surface area contributed by atoms with Crippen molar-refractivity contribution in [1.82, 2.24) is 9.21 Å². The number of hydrogen-bond acceptors (Lipinski definition) is 6. The maximum absolute atomic E-state index is 13.7. The van der Waals surface area contributed by atoms with Gasteiger partial charge >= 0.3 is 0 Å². The van der Waals surface area contributed by atoms with Crippen molar-refractivity contribution in [3.8, 4) is 0 Å². The smallest absolute Gasteiger partial charge is 0.247 e. The molecule has 3 aliphatic rings. The Morgan fingerprint density at radius 3 is 2.42 bits per heavy atom. The molecule has 0 aromatic heterocycles. The van der Waals surface area contributed by atoms with Gasteiger partial charge in [-0.1, -0.05) is 51.0 Å². The summed E-state index contributed by atoms with van der Waals surface area (Å²) in [7, 11) is -3.27. The van der Waals surface area contributed by atoms with Crippen molar-refractivity contribution in [2.24, 2.45) is 5.92 Å². The number of nitrogens with zero attached hydrogens (tertiary/aromatic N) is 3. The first kappa shape index (κ1) is 28.9. The van der Waals surface area contributed by atoms with E-state index in [1.165, 1.54) is 36.8 Å². The maximum Gasteiger partial charge on any atom is 0.247 e. The largest absolute Gasteiger partial charge is 0.373 e. The van der Waals surface area contributed by atoms with Gasteiger partial charge in [0.1, 0.15) is 6.04 Å². The number of rotatable bonds is 10. The number of carbonyl (C=O) groups excluding carboxylic acids is 1. The number of nitrogens with one attached hydrogen (secondary N) is 2. The molecule has 1 saturated heterocycles. The summed E-state index contributed by atoms with van der Waals surface area (Å²) in [5, 5.41) is 6.79. The van der Waals surface area contributed by atoms with E-state index in [1.54, 1.807) is 4.31 Å². The fourth-order valence-corrected chi connectivity index (χ4v) is 8.27. The number of para-hydroxylation sites is 1. The van der Waals surface area contributed by atoms with Crippen molar-refractivity contribution >= 4 is 33.0 Å². The van der Waals surface area contributed by atoms with Crippen molar-refractivity contribution in [2.75, 3.05) is 67.1 Å². The molecule has 1 amide bonds. The summed E-state index contributed by atoms with van der Waals surface area (Å²) in [6.07, 6.45) is 4.83. The first-order chi connectivity index (χ1) is 19.3. The highest BCUT2D eigenvalue weighted by Crippen LogP contribution is 2.47. The van der Waals surface area contributed by atoms with Crippen molar-refractivity contribution in [3.63, 3.8) is 0 Å². The average molecular weight is 568 g/mol. The Bertz CT molecular complexity index is 1280. The lowest BCUT2D eigenvalue weighted by Crippen LogP contribution is -2.50. The molecular formula is C31H45N5O3S. The second kappa shape index (κ2) is 12.5. The summed E-state index contributed by atoms with van der Waals surface area (Å²) >= 11 is 0. The van der Waals surface area contributed by atoms with Crippen molar-refractivity contribution in [3.05, 3.63) is 53.6 Å². The highest BCUT2D eigenvalue weighted by molar-refractivity contribution is 7.89. The van der Waals surface area contributed by atoms with Crippen LogP contribution < -0.4 is 15.5 Å². The van der Waals surface area contributed by atoms with Gasteiger partial charge in [-0.25, -0.2) is 8.42 Å². The fraction of sp³-hybridized carbons (Fsp3) is 0.581. The van der Waals surface area contributed by atoms with Gasteiger partial charge in [0, 0.05) is 55.7 Å². The molecule has 5 rings (SSSR count). The van der Waals surface area contributed by atoms with Crippen molar-refractivity contribution < 1.29 is 13.2 Å². The summed E-state index contributed by atoms with van der Waals surface area (Å²) in [6, 6.07) is 14.1. The molecule has 2 heterocycles. The Balaban J connectivity index is 1.22. The normalized spacial score (nSPS) is 21.9. The standard InChI is InChI=1S/C31H45N5O3S/c1-4-34(5-2)20-21-40(38,39)36-18-16-35(17-19-36)26-14-9-13-25(22-26)32-31(37)30-28(24-11-6-7-12-24)27-15-8-10-23(3)29(27)33-30/h8-10,13-15,22,24,28,30,33H,4-7,11-12,16-21H2,1-3H3,(H,32,37). The molecule has 2 N–H and O–H groups in total. The Labute approximate surface area is 240 Å². The molecule has 2 aromatic carbocycles. The van der Waals surface area contributed by atoms with E-state index < -0.39 is 10.0 Å². The predicted molar refractivity (Wildman–Crippen MR) is 164 cm³/mol. The lowest BCUT2D eigenvalue weighted by atomic mass is 9.81. The molecular weight excluding hydrogens is 522 g/mol. The minimum absolute atomic E-state index is 0.00812. The summed E-state index contributed by atoms with van der Waals surface area (Å²) in [5.41, 5.74) is 5.37. The Kier molecular flexibility index (Phi) is 9.02. The van der Waals surface area contributed by atoms with E-state index in [-0.39, 0.29) is 23.6 Å². The highest BCUT2D eigenvalue weighted by atomic mass is 32.2. The molecule has 218 valence electrons. The van der Waals surface area contributed by atoms with E-state index in [0.717, 1.165) is 30.2 Å². The van der Waals surface area contributed by atoms with Gasteiger partial charge in [0.15, 0.2) is 0 Å². The van der Waals surface area contributed by atoms with Crippen molar-refractivity contribution in [2.45, 2.75) is 58.4 Å². The van der Waals surface area contributed by atoms with Gasteiger partial charge in [-0.2, -0.15) is 4.31 Å². The van der Waals surface area contributed by atoms with E-state index in [9.17, 15) is 13.2 Å². The minimum Gasteiger partial charge on any atom is -0.373 e. The minimum atomic E-state index is -3.27. The molecule has 1 aliphatic carbocycles. The number of amides is 1. The van der Waals surface area contributed by atoms with Gasteiger partial charge < -0.3 is 20.4 Å². The first-order valence-corrected chi connectivity index (χ1v) is 16.6. The molecule has 40 heavy (non-hydrogen) atoms. The van der Waals surface area contributed by atoms with Crippen LogP contribution in [0.1, 0.15) is 56.6 Å². The monoisotopic (exact) mass is 567 g/mol. The molecule has 9 heteroatoms. The quantitative estimate of drug-likeness (QED) is 0.440. The van der Waals surface area contributed by atoms with Crippen LogP contribution in [-0.2, 0) is 14.8 Å². The van der Waals surface area contributed by atoms with Crippen molar-refractivity contribution in [1.29, 1.82) is 0 Å². The number of anilines is 3. The number of sulfonamides is 1. The van der Waals surface area contributed by atoms with Gasteiger partial charge in [-0.3, -0.25) is 4.79 Å². The van der Waals surface area contributed by atoms with E-state index in [1.807, 2.05) is 24.3 Å². The van der Waals surface area contributed by atoms with Crippen LogP contribution in [0.2, 0.25) is 0 Å². The third-order valence-electron chi connectivity index (χ3n) is 9.18. The summed E-state index contributed by atoms with van der Waals surface area (Å²) in [6.45, 7) is 10.7. The number of aryl methyl sites for hydroxylation is 1. The molecule has 2 aromatic rings. The third kappa shape index (κ3) is 6.16. The fourth-order valence-electron chi connectivity index (χ4n) is 6.80. The Hall–Kier alpha value is -2.62. The molecule has 0 radical (unpaired) electrons. The average Bonchev–Trinajstić information content (AvgIpc) is 3.63. The van der Waals surface area contributed by atoms with Gasteiger partial charge in [0.05, 0.1) is 5.75 Å². The second-order valence-corrected chi connectivity index (χ2v) is 13.6. The van der Waals surface area contributed by atoms with Crippen LogP contribution in [0.25, 0.3) is 0 Å². The van der Waals surface area contributed by atoms with Crippen LogP contribution in [0, 0.1) is 12.8 Å². The molecule has 2 unspecified atom stereocenters. The zero-order valence-electron chi connectivity index (χ0n) is 24.2. The molecule has 0 bridgehead atoms. The molecule has 2 aliphatic heterocycles. The number of fused-ring (bicyclic) bond motifs is 1. The third-order valence-corrected chi connectivity index (χ3v) is 11.0. The van der Waals surface area contributed by atoms with Gasteiger partial charge in [-0.05, 0) is 68.1 Å². The molecule has 2 fully saturated rings. The Morgan fingerprint density at radius 1 is 1.02 bits per heavy atom. The van der Waals surface area contributed by atoms with Gasteiger partial charge in [-0.15, -0.1) is 0 Å².